The van der Waals surface area contributed by atoms with Gasteiger partial charge in [-0.15, -0.1) is 0 Å². The van der Waals surface area contributed by atoms with Crippen molar-refractivity contribution in [1.29, 1.82) is 0 Å². The van der Waals surface area contributed by atoms with Gasteiger partial charge in [0.25, 0.3) is 0 Å². The molecular formula is C26H24F2. The zero-order valence-electron chi connectivity index (χ0n) is 16.4. The molecule has 0 saturated heterocycles. The van der Waals surface area contributed by atoms with E-state index in [-0.39, 0.29) is 11.6 Å². The molecule has 0 aromatic heterocycles. The molecule has 0 atom stereocenters. The summed E-state index contributed by atoms with van der Waals surface area (Å²) < 4.78 is 27.7. The Morgan fingerprint density at radius 1 is 0.786 bits per heavy atom. The van der Waals surface area contributed by atoms with Crippen molar-refractivity contribution in [3.8, 4) is 23.0 Å². The fourth-order valence-corrected chi connectivity index (χ4v) is 3.18. The molecule has 0 amide bonds. The van der Waals surface area contributed by atoms with Gasteiger partial charge in [-0.05, 0) is 78.4 Å². The van der Waals surface area contributed by atoms with E-state index in [0.717, 1.165) is 23.1 Å². The zero-order valence-corrected chi connectivity index (χ0v) is 16.4. The zero-order chi connectivity index (χ0) is 19.9. The highest BCUT2D eigenvalue weighted by atomic mass is 19.1. The summed E-state index contributed by atoms with van der Waals surface area (Å²) in [6, 6.07) is 17.7. The van der Waals surface area contributed by atoms with Crippen LogP contribution in [0.25, 0.3) is 11.1 Å². The van der Waals surface area contributed by atoms with E-state index in [9.17, 15) is 8.78 Å². The van der Waals surface area contributed by atoms with E-state index < -0.39 is 0 Å². The smallest absolute Gasteiger partial charge is 0.139 e. The molecule has 28 heavy (non-hydrogen) atoms. The first kappa shape index (κ1) is 19.8. The average molecular weight is 374 g/mol. The van der Waals surface area contributed by atoms with Crippen molar-refractivity contribution in [3.05, 3.63) is 94.6 Å². The summed E-state index contributed by atoms with van der Waals surface area (Å²) in [5.74, 6) is 5.14. The minimum atomic E-state index is -0.336. The van der Waals surface area contributed by atoms with Crippen LogP contribution >= 0.6 is 0 Å². The van der Waals surface area contributed by atoms with Gasteiger partial charge in [0, 0.05) is 5.56 Å². The average Bonchev–Trinajstić information content (AvgIpc) is 2.69. The fourth-order valence-electron chi connectivity index (χ4n) is 3.18. The maximum atomic E-state index is 14.7. The molecular weight excluding hydrogens is 350 g/mol. The van der Waals surface area contributed by atoms with E-state index in [1.807, 2.05) is 13.0 Å². The molecule has 0 aliphatic rings. The molecule has 0 heterocycles. The number of aryl methyl sites for hydroxylation is 2. The lowest BCUT2D eigenvalue weighted by atomic mass is 9.97. The van der Waals surface area contributed by atoms with Crippen molar-refractivity contribution in [2.24, 2.45) is 0 Å². The molecule has 0 aliphatic heterocycles. The Kier molecular flexibility index (Phi) is 6.61. The Bertz CT molecular complexity index is 964. The molecule has 0 bridgehead atoms. The van der Waals surface area contributed by atoms with Crippen LogP contribution in [0.1, 0.15) is 48.4 Å². The van der Waals surface area contributed by atoms with Gasteiger partial charge < -0.3 is 0 Å². The highest BCUT2D eigenvalue weighted by Crippen LogP contribution is 2.25. The van der Waals surface area contributed by atoms with Crippen LogP contribution in [0.5, 0.6) is 0 Å². The van der Waals surface area contributed by atoms with Gasteiger partial charge in [0.1, 0.15) is 11.6 Å². The van der Waals surface area contributed by atoms with Crippen LogP contribution in [0, 0.1) is 30.4 Å². The predicted molar refractivity (Wildman–Crippen MR) is 112 cm³/mol. The Labute approximate surface area is 166 Å². The number of hydrogen-bond acceptors (Lipinski definition) is 0. The monoisotopic (exact) mass is 374 g/mol. The third kappa shape index (κ3) is 5.08. The largest absolute Gasteiger partial charge is 0.207 e. The maximum Gasteiger partial charge on any atom is 0.139 e. The van der Waals surface area contributed by atoms with Crippen molar-refractivity contribution in [3.63, 3.8) is 0 Å². The van der Waals surface area contributed by atoms with Gasteiger partial charge in [0.05, 0.1) is 5.56 Å². The minimum Gasteiger partial charge on any atom is -0.207 e. The van der Waals surface area contributed by atoms with E-state index in [0.29, 0.717) is 11.1 Å². The van der Waals surface area contributed by atoms with Crippen LogP contribution in [0.15, 0.2) is 60.7 Å². The van der Waals surface area contributed by atoms with E-state index in [1.165, 1.54) is 43.0 Å². The first-order valence-corrected chi connectivity index (χ1v) is 9.74. The highest BCUT2D eigenvalue weighted by molar-refractivity contribution is 5.66. The van der Waals surface area contributed by atoms with Crippen LogP contribution in [0.2, 0.25) is 0 Å². The van der Waals surface area contributed by atoms with Gasteiger partial charge in [-0.3, -0.25) is 0 Å². The number of hydrogen-bond donors (Lipinski definition) is 0. The van der Waals surface area contributed by atoms with Gasteiger partial charge in [-0.1, -0.05) is 55.9 Å². The van der Waals surface area contributed by atoms with Crippen LogP contribution in [-0.4, -0.2) is 0 Å². The molecule has 0 aliphatic carbocycles. The number of rotatable bonds is 5. The number of benzene rings is 3. The van der Waals surface area contributed by atoms with Gasteiger partial charge in [-0.2, -0.15) is 0 Å². The first-order chi connectivity index (χ1) is 13.6. The summed E-state index contributed by atoms with van der Waals surface area (Å²) in [5, 5.41) is 0. The molecule has 3 rings (SSSR count). The molecule has 0 N–H and O–H groups in total. The van der Waals surface area contributed by atoms with Crippen molar-refractivity contribution < 1.29 is 8.78 Å². The van der Waals surface area contributed by atoms with Crippen molar-refractivity contribution >= 4 is 0 Å². The quantitative estimate of drug-likeness (QED) is 0.331. The van der Waals surface area contributed by atoms with Gasteiger partial charge in [0.2, 0.25) is 0 Å². The van der Waals surface area contributed by atoms with Crippen LogP contribution in [-0.2, 0) is 6.42 Å². The van der Waals surface area contributed by atoms with E-state index >= 15 is 0 Å². The highest BCUT2D eigenvalue weighted by Gasteiger charge is 2.08. The molecule has 2 heteroatoms. The molecule has 0 nitrogen and oxygen atoms in total. The van der Waals surface area contributed by atoms with Gasteiger partial charge in [0.15, 0.2) is 0 Å². The summed E-state index contributed by atoms with van der Waals surface area (Å²) in [6.07, 6.45) is 4.74. The number of halogens is 2. The van der Waals surface area contributed by atoms with Crippen molar-refractivity contribution in [2.45, 2.75) is 39.5 Å². The molecule has 3 aromatic rings. The lowest BCUT2D eigenvalue weighted by Gasteiger charge is -2.08. The first-order valence-electron chi connectivity index (χ1n) is 9.74. The molecule has 142 valence electrons. The van der Waals surface area contributed by atoms with Crippen molar-refractivity contribution in [1.82, 2.24) is 0 Å². The maximum absolute atomic E-state index is 14.7. The number of unbranched alkanes of at least 4 members (excludes halogenated alkanes) is 2. The Hall–Kier alpha value is -2.92. The van der Waals surface area contributed by atoms with Crippen LogP contribution in [0.4, 0.5) is 8.78 Å². The second kappa shape index (κ2) is 9.33. The summed E-state index contributed by atoms with van der Waals surface area (Å²) in [5.41, 5.74) is 4.99. The fraction of sp³-hybridized carbons (Fsp3) is 0.231. The topological polar surface area (TPSA) is 0 Å². The van der Waals surface area contributed by atoms with Crippen LogP contribution in [0.3, 0.4) is 0 Å². The van der Waals surface area contributed by atoms with E-state index in [2.05, 4.69) is 43.0 Å². The molecule has 0 unspecified atom stereocenters. The summed E-state index contributed by atoms with van der Waals surface area (Å²) in [6.45, 7) is 4.06. The molecule has 0 radical (unpaired) electrons. The molecule has 0 fully saturated rings. The third-order valence-corrected chi connectivity index (χ3v) is 4.82. The van der Waals surface area contributed by atoms with Crippen molar-refractivity contribution in [2.75, 3.05) is 0 Å². The van der Waals surface area contributed by atoms with Gasteiger partial charge in [-0.25, -0.2) is 8.78 Å². The van der Waals surface area contributed by atoms with E-state index in [4.69, 9.17) is 0 Å². The normalized spacial score (nSPS) is 10.4. The standard InChI is InChI=1S/C26H24F2/c1-3-4-5-6-20-7-12-22(13-8-20)23-17-19(2)25(26(28)18-23)16-11-21-9-14-24(27)15-10-21/h7-10,12-15,17-18H,3-6H2,1-2H3. The summed E-state index contributed by atoms with van der Waals surface area (Å²) >= 11 is 0. The second-order valence-electron chi connectivity index (χ2n) is 7.06. The van der Waals surface area contributed by atoms with Crippen LogP contribution < -0.4 is 0 Å². The molecule has 3 aromatic carbocycles. The van der Waals surface area contributed by atoms with E-state index in [1.54, 1.807) is 12.1 Å². The van der Waals surface area contributed by atoms with Gasteiger partial charge >= 0.3 is 0 Å². The molecule has 0 spiro atoms. The Morgan fingerprint density at radius 2 is 1.50 bits per heavy atom. The lowest BCUT2D eigenvalue weighted by molar-refractivity contribution is 0.623. The molecule has 0 saturated carbocycles. The SMILES string of the molecule is CCCCCc1ccc(-c2cc(C)c(C#Cc3ccc(F)cc3)c(F)c2)cc1. The predicted octanol–water partition coefficient (Wildman–Crippen LogP) is 7.07. The third-order valence-electron chi connectivity index (χ3n) is 4.82. The Balaban J connectivity index is 1.81. The Morgan fingerprint density at radius 3 is 2.14 bits per heavy atom. The lowest BCUT2D eigenvalue weighted by Crippen LogP contribution is -1.92. The summed E-state index contributed by atoms with van der Waals surface area (Å²) in [7, 11) is 0. The summed E-state index contributed by atoms with van der Waals surface area (Å²) in [4.78, 5) is 0. The minimum absolute atomic E-state index is 0.311. The second-order valence-corrected chi connectivity index (χ2v) is 7.06.